The number of carbonyl (C=O) groups is 1. The third-order valence-corrected chi connectivity index (χ3v) is 4.44. The Morgan fingerprint density at radius 1 is 0.926 bits per heavy atom. The zero-order valence-electron chi connectivity index (χ0n) is 14.8. The van der Waals surface area contributed by atoms with Crippen LogP contribution in [0.5, 0.6) is 17.4 Å². The summed E-state index contributed by atoms with van der Waals surface area (Å²) < 4.78 is 11.6. The molecule has 5 nitrogen and oxygen atoms in total. The van der Waals surface area contributed by atoms with Gasteiger partial charge in [0.05, 0.1) is 6.54 Å². The van der Waals surface area contributed by atoms with Crippen LogP contribution in [0.25, 0.3) is 0 Å². The van der Waals surface area contributed by atoms with Crippen LogP contribution in [-0.4, -0.2) is 35.0 Å². The zero-order valence-corrected chi connectivity index (χ0v) is 14.8. The summed E-state index contributed by atoms with van der Waals surface area (Å²) >= 11 is 0. The Hall–Kier alpha value is -3.34. The van der Waals surface area contributed by atoms with Crippen LogP contribution in [0, 0.1) is 0 Å². The second kappa shape index (κ2) is 7.91. The SMILES string of the molecule is O=C(c1ccc(Oc2ccccc2)cc1)N1CCC(Oc2ccccn2)C1. The number of ether oxygens (including phenoxy) is 2. The number of aromatic nitrogens is 1. The van der Waals surface area contributed by atoms with Gasteiger partial charge in [0.15, 0.2) is 0 Å². The molecule has 0 N–H and O–H groups in total. The van der Waals surface area contributed by atoms with Crippen LogP contribution in [0.4, 0.5) is 0 Å². The van der Waals surface area contributed by atoms with E-state index >= 15 is 0 Å². The molecule has 1 aliphatic heterocycles. The number of pyridine rings is 1. The first-order valence-corrected chi connectivity index (χ1v) is 8.98. The predicted octanol–water partition coefficient (Wildman–Crippen LogP) is 4.17. The number of carbonyl (C=O) groups excluding carboxylic acids is 1. The molecule has 1 saturated heterocycles. The molecular weight excluding hydrogens is 340 g/mol. The minimum Gasteiger partial charge on any atom is -0.472 e. The maximum Gasteiger partial charge on any atom is 0.253 e. The lowest BCUT2D eigenvalue weighted by atomic mass is 10.2. The first kappa shape index (κ1) is 17.1. The molecule has 0 aliphatic carbocycles. The van der Waals surface area contributed by atoms with Crippen LogP contribution in [0.3, 0.4) is 0 Å². The number of para-hydroxylation sites is 1. The van der Waals surface area contributed by atoms with Gasteiger partial charge < -0.3 is 14.4 Å². The van der Waals surface area contributed by atoms with Gasteiger partial charge >= 0.3 is 0 Å². The van der Waals surface area contributed by atoms with Gasteiger partial charge in [0.25, 0.3) is 5.91 Å². The quantitative estimate of drug-likeness (QED) is 0.685. The molecule has 2 aromatic carbocycles. The largest absolute Gasteiger partial charge is 0.472 e. The number of nitrogens with zero attached hydrogens (tertiary/aromatic N) is 2. The second-order valence-corrected chi connectivity index (χ2v) is 6.39. The van der Waals surface area contributed by atoms with Gasteiger partial charge in [0, 0.05) is 30.8 Å². The van der Waals surface area contributed by atoms with E-state index in [1.54, 1.807) is 18.3 Å². The molecule has 1 atom stereocenters. The Kier molecular flexibility index (Phi) is 5.01. The van der Waals surface area contributed by atoms with Crippen molar-refractivity contribution in [1.29, 1.82) is 0 Å². The van der Waals surface area contributed by atoms with Gasteiger partial charge in [-0.05, 0) is 42.5 Å². The Morgan fingerprint density at radius 3 is 2.41 bits per heavy atom. The summed E-state index contributed by atoms with van der Waals surface area (Å²) in [5.74, 6) is 2.08. The van der Waals surface area contributed by atoms with E-state index in [2.05, 4.69) is 4.98 Å². The highest BCUT2D eigenvalue weighted by Crippen LogP contribution is 2.23. The highest BCUT2D eigenvalue weighted by atomic mass is 16.5. The summed E-state index contributed by atoms with van der Waals surface area (Å²) in [6.45, 7) is 1.25. The van der Waals surface area contributed by atoms with Crippen LogP contribution in [0.15, 0.2) is 79.0 Å². The Bertz CT molecular complexity index is 882. The number of likely N-dealkylation sites (tertiary alicyclic amines) is 1. The van der Waals surface area contributed by atoms with Crippen LogP contribution >= 0.6 is 0 Å². The summed E-state index contributed by atoms with van der Waals surface area (Å²) in [7, 11) is 0. The lowest BCUT2D eigenvalue weighted by Gasteiger charge is -2.17. The summed E-state index contributed by atoms with van der Waals surface area (Å²) in [4.78, 5) is 18.7. The van der Waals surface area contributed by atoms with Crippen molar-refractivity contribution >= 4 is 5.91 Å². The third-order valence-electron chi connectivity index (χ3n) is 4.44. The third kappa shape index (κ3) is 4.26. The standard InChI is InChI=1S/C22H20N2O3/c25-22(24-15-13-20(16-24)27-21-8-4-5-14-23-21)17-9-11-19(12-10-17)26-18-6-2-1-3-7-18/h1-12,14,20H,13,15-16H2. The van der Waals surface area contributed by atoms with E-state index in [-0.39, 0.29) is 12.0 Å². The average Bonchev–Trinajstić information content (AvgIpc) is 3.18. The minimum absolute atomic E-state index is 0.00776. The van der Waals surface area contributed by atoms with Crippen molar-refractivity contribution in [3.8, 4) is 17.4 Å². The highest BCUT2D eigenvalue weighted by molar-refractivity contribution is 5.94. The van der Waals surface area contributed by atoms with E-state index < -0.39 is 0 Å². The number of amides is 1. The molecule has 1 aliphatic rings. The second-order valence-electron chi connectivity index (χ2n) is 6.39. The fourth-order valence-corrected chi connectivity index (χ4v) is 3.07. The van der Waals surface area contributed by atoms with Crippen LogP contribution in [-0.2, 0) is 0 Å². The number of hydrogen-bond donors (Lipinski definition) is 0. The average molecular weight is 360 g/mol. The molecule has 5 heteroatoms. The molecular formula is C22H20N2O3. The molecule has 1 amide bonds. The van der Waals surface area contributed by atoms with E-state index in [9.17, 15) is 4.79 Å². The summed E-state index contributed by atoms with van der Waals surface area (Å²) in [6, 6.07) is 22.4. The first-order chi connectivity index (χ1) is 13.3. The van der Waals surface area contributed by atoms with Crippen molar-refractivity contribution in [3.05, 3.63) is 84.6 Å². The summed E-state index contributed by atoms with van der Waals surface area (Å²) in [5.41, 5.74) is 0.647. The van der Waals surface area contributed by atoms with Crippen molar-refractivity contribution in [2.45, 2.75) is 12.5 Å². The van der Waals surface area contributed by atoms with Crippen molar-refractivity contribution in [2.24, 2.45) is 0 Å². The first-order valence-electron chi connectivity index (χ1n) is 8.98. The minimum atomic E-state index is -0.0236. The van der Waals surface area contributed by atoms with Crippen molar-refractivity contribution < 1.29 is 14.3 Å². The molecule has 0 spiro atoms. The monoisotopic (exact) mass is 360 g/mol. The molecule has 3 aromatic rings. The smallest absolute Gasteiger partial charge is 0.253 e. The molecule has 1 fully saturated rings. The number of hydrogen-bond acceptors (Lipinski definition) is 4. The molecule has 1 aromatic heterocycles. The molecule has 0 bridgehead atoms. The van der Waals surface area contributed by atoms with Gasteiger partial charge in [-0.15, -0.1) is 0 Å². The zero-order chi connectivity index (χ0) is 18.5. The van der Waals surface area contributed by atoms with Gasteiger partial charge in [-0.2, -0.15) is 0 Å². The molecule has 2 heterocycles. The van der Waals surface area contributed by atoms with Crippen molar-refractivity contribution in [1.82, 2.24) is 9.88 Å². The fourth-order valence-electron chi connectivity index (χ4n) is 3.07. The van der Waals surface area contributed by atoms with Crippen molar-refractivity contribution in [3.63, 3.8) is 0 Å². The normalized spacial score (nSPS) is 16.1. The summed E-state index contributed by atoms with van der Waals surface area (Å²) in [5, 5.41) is 0. The fraction of sp³-hybridized carbons (Fsp3) is 0.182. The van der Waals surface area contributed by atoms with Gasteiger partial charge in [0.1, 0.15) is 17.6 Å². The highest BCUT2D eigenvalue weighted by Gasteiger charge is 2.28. The van der Waals surface area contributed by atoms with Gasteiger partial charge in [-0.25, -0.2) is 4.98 Å². The van der Waals surface area contributed by atoms with E-state index in [1.807, 2.05) is 65.6 Å². The van der Waals surface area contributed by atoms with Crippen LogP contribution in [0.2, 0.25) is 0 Å². The molecule has 4 rings (SSSR count). The molecule has 0 radical (unpaired) electrons. The van der Waals surface area contributed by atoms with E-state index in [0.717, 1.165) is 12.2 Å². The Labute approximate surface area is 158 Å². The number of benzene rings is 2. The van der Waals surface area contributed by atoms with E-state index in [1.165, 1.54) is 0 Å². The van der Waals surface area contributed by atoms with Gasteiger partial charge in [0.2, 0.25) is 5.88 Å². The topological polar surface area (TPSA) is 51.7 Å². The Balaban J connectivity index is 1.35. The van der Waals surface area contributed by atoms with Crippen LogP contribution in [0.1, 0.15) is 16.8 Å². The molecule has 1 unspecified atom stereocenters. The lowest BCUT2D eigenvalue weighted by molar-refractivity contribution is 0.0771. The maximum absolute atomic E-state index is 12.7. The molecule has 27 heavy (non-hydrogen) atoms. The van der Waals surface area contributed by atoms with E-state index in [0.29, 0.717) is 30.3 Å². The van der Waals surface area contributed by atoms with Crippen molar-refractivity contribution in [2.75, 3.05) is 13.1 Å². The van der Waals surface area contributed by atoms with Gasteiger partial charge in [-0.1, -0.05) is 24.3 Å². The molecule has 136 valence electrons. The van der Waals surface area contributed by atoms with E-state index in [4.69, 9.17) is 9.47 Å². The van der Waals surface area contributed by atoms with Gasteiger partial charge in [-0.3, -0.25) is 4.79 Å². The predicted molar refractivity (Wildman–Crippen MR) is 102 cm³/mol. The number of rotatable bonds is 5. The lowest BCUT2D eigenvalue weighted by Crippen LogP contribution is -2.31. The van der Waals surface area contributed by atoms with Crippen LogP contribution < -0.4 is 9.47 Å². The Morgan fingerprint density at radius 2 is 1.67 bits per heavy atom. The maximum atomic E-state index is 12.7. The molecule has 0 saturated carbocycles. The summed E-state index contributed by atoms with van der Waals surface area (Å²) in [6.07, 6.45) is 2.48.